The van der Waals surface area contributed by atoms with Crippen LogP contribution in [0.5, 0.6) is 5.75 Å². The van der Waals surface area contributed by atoms with Crippen molar-refractivity contribution in [2.75, 3.05) is 17.7 Å². The van der Waals surface area contributed by atoms with E-state index >= 15 is 0 Å². The van der Waals surface area contributed by atoms with Gasteiger partial charge in [-0.15, -0.1) is 0 Å². The molecule has 3 rings (SSSR count). The topological polar surface area (TPSA) is 79.5 Å². The average Bonchev–Trinajstić information content (AvgIpc) is 2.79. The summed E-state index contributed by atoms with van der Waals surface area (Å²) in [6.07, 6.45) is 3.01. The first kappa shape index (κ1) is 22.6. The summed E-state index contributed by atoms with van der Waals surface area (Å²) in [4.78, 5) is 24.5. The number of carbonyl (C=O) groups is 2. The van der Waals surface area contributed by atoms with Gasteiger partial charge in [-0.25, -0.2) is 4.39 Å². The van der Waals surface area contributed by atoms with E-state index in [9.17, 15) is 14.0 Å². The molecule has 0 heterocycles. The molecule has 0 radical (unpaired) electrons. The molecular weight excluding hydrogens is 429 g/mol. The van der Waals surface area contributed by atoms with Gasteiger partial charge in [0.15, 0.2) is 5.11 Å². The standard InChI is InChI=1S/C24H20FN3O3S/c1-31-21-12-5-16(6-13-21)7-14-22(29)28-24(32)27-20-4-2-3-17(15-20)23(30)26-19-10-8-18(25)9-11-19/h2-15H,1H3,(H,26,30)(H2,27,28,29,32)/b14-7+. The first-order chi connectivity index (χ1) is 15.4. The van der Waals surface area contributed by atoms with Gasteiger partial charge in [-0.2, -0.15) is 0 Å². The third-order valence-corrected chi connectivity index (χ3v) is 4.47. The van der Waals surface area contributed by atoms with Crippen LogP contribution in [0.25, 0.3) is 6.08 Å². The van der Waals surface area contributed by atoms with E-state index in [1.807, 2.05) is 12.1 Å². The van der Waals surface area contributed by atoms with Crippen molar-refractivity contribution in [2.45, 2.75) is 0 Å². The molecule has 0 saturated carbocycles. The lowest BCUT2D eigenvalue weighted by atomic mass is 10.2. The van der Waals surface area contributed by atoms with Crippen LogP contribution < -0.4 is 20.7 Å². The molecule has 3 aromatic rings. The van der Waals surface area contributed by atoms with Crippen LogP contribution in [0, 0.1) is 5.82 Å². The average molecular weight is 450 g/mol. The molecule has 32 heavy (non-hydrogen) atoms. The lowest BCUT2D eigenvalue weighted by molar-refractivity contribution is -0.115. The van der Waals surface area contributed by atoms with Crippen LogP contribution >= 0.6 is 12.2 Å². The monoisotopic (exact) mass is 449 g/mol. The van der Waals surface area contributed by atoms with Crippen LogP contribution in [0.15, 0.2) is 78.9 Å². The minimum Gasteiger partial charge on any atom is -0.497 e. The quantitative estimate of drug-likeness (QED) is 0.378. The predicted octanol–water partition coefficient (Wildman–Crippen LogP) is 4.61. The molecule has 6 nitrogen and oxygen atoms in total. The number of ether oxygens (including phenoxy) is 1. The largest absolute Gasteiger partial charge is 0.497 e. The summed E-state index contributed by atoms with van der Waals surface area (Å²) in [5.41, 5.74) is 2.20. The van der Waals surface area contributed by atoms with E-state index in [1.54, 1.807) is 49.6 Å². The highest BCUT2D eigenvalue weighted by Gasteiger charge is 2.08. The van der Waals surface area contributed by atoms with E-state index in [-0.39, 0.29) is 16.8 Å². The fourth-order valence-corrected chi connectivity index (χ4v) is 2.90. The summed E-state index contributed by atoms with van der Waals surface area (Å²) in [6.45, 7) is 0. The molecule has 0 atom stereocenters. The summed E-state index contributed by atoms with van der Waals surface area (Å²) in [7, 11) is 1.58. The highest BCUT2D eigenvalue weighted by Crippen LogP contribution is 2.15. The van der Waals surface area contributed by atoms with Gasteiger partial charge in [-0.1, -0.05) is 18.2 Å². The van der Waals surface area contributed by atoms with Crippen LogP contribution in [0.1, 0.15) is 15.9 Å². The Morgan fingerprint density at radius 3 is 2.34 bits per heavy atom. The number of benzene rings is 3. The Labute approximate surface area is 190 Å². The highest BCUT2D eigenvalue weighted by molar-refractivity contribution is 7.80. The molecule has 3 N–H and O–H groups in total. The van der Waals surface area contributed by atoms with E-state index in [2.05, 4.69) is 16.0 Å². The van der Waals surface area contributed by atoms with E-state index in [1.165, 1.54) is 30.3 Å². The molecule has 0 bridgehead atoms. The zero-order valence-corrected chi connectivity index (χ0v) is 17.9. The summed E-state index contributed by atoms with van der Waals surface area (Å²) in [5, 5.41) is 8.19. The highest BCUT2D eigenvalue weighted by atomic mass is 32.1. The van der Waals surface area contributed by atoms with Gasteiger partial charge < -0.3 is 15.4 Å². The van der Waals surface area contributed by atoms with Crippen molar-refractivity contribution >= 4 is 46.6 Å². The molecule has 0 aliphatic heterocycles. The van der Waals surface area contributed by atoms with Crippen molar-refractivity contribution in [1.29, 1.82) is 0 Å². The van der Waals surface area contributed by atoms with Gasteiger partial charge in [-0.3, -0.25) is 14.9 Å². The van der Waals surface area contributed by atoms with Crippen LogP contribution in [0.3, 0.4) is 0 Å². The number of hydrogen-bond acceptors (Lipinski definition) is 4. The van der Waals surface area contributed by atoms with Gasteiger partial charge in [0, 0.05) is 23.0 Å². The normalized spacial score (nSPS) is 10.4. The number of carbonyl (C=O) groups excluding carboxylic acids is 2. The zero-order chi connectivity index (χ0) is 22.9. The Bertz CT molecular complexity index is 1150. The summed E-state index contributed by atoms with van der Waals surface area (Å²) < 4.78 is 18.1. The fraction of sp³-hybridized carbons (Fsp3) is 0.0417. The second kappa shape index (κ2) is 10.8. The van der Waals surface area contributed by atoms with E-state index in [0.717, 1.165) is 11.3 Å². The molecular formula is C24H20FN3O3S. The van der Waals surface area contributed by atoms with Crippen molar-refractivity contribution in [3.8, 4) is 5.75 Å². The maximum atomic E-state index is 13.0. The minimum atomic E-state index is -0.400. The zero-order valence-electron chi connectivity index (χ0n) is 17.1. The SMILES string of the molecule is COc1ccc(/C=C/C(=O)NC(=S)Nc2cccc(C(=O)Nc3ccc(F)cc3)c2)cc1. The van der Waals surface area contributed by atoms with Crippen molar-refractivity contribution in [2.24, 2.45) is 0 Å². The van der Waals surface area contributed by atoms with Gasteiger partial charge in [0.25, 0.3) is 5.91 Å². The minimum absolute atomic E-state index is 0.0884. The Morgan fingerprint density at radius 2 is 1.66 bits per heavy atom. The smallest absolute Gasteiger partial charge is 0.255 e. The van der Waals surface area contributed by atoms with Gasteiger partial charge in [0.1, 0.15) is 11.6 Å². The number of halogens is 1. The molecule has 3 aromatic carbocycles. The van der Waals surface area contributed by atoms with Crippen LogP contribution in [0.2, 0.25) is 0 Å². The number of hydrogen-bond donors (Lipinski definition) is 3. The number of anilines is 2. The molecule has 162 valence electrons. The molecule has 0 fully saturated rings. The Balaban J connectivity index is 1.55. The first-order valence-electron chi connectivity index (χ1n) is 9.54. The lowest BCUT2D eigenvalue weighted by Crippen LogP contribution is -2.32. The first-order valence-corrected chi connectivity index (χ1v) is 9.95. The molecule has 0 unspecified atom stereocenters. The van der Waals surface area contributed by atoms with Gasteiger partial charge in [0.2, 0.25) is 5.91 Å². The number of thiocarbonyl (C=S) groups is 1. The predicted molar refractivity (Wildman–Crippen MR) is 127 cm³/mol. The molecule has 0 saturated heterocycles. The Hall–Kier alpha value is -4.04. The molecule has 0 aliphatic carbocycles. The molecule has 0 spiro atoms. The van der Waals surface area contributed by atoms with E-state index < -0.39 is 5.91 Å². The van der Waals surface area contributed by atoms with Crippen molar-refractivity contribution in [3.63, 3.8) is 0 Å². The Morgan fingerprint density at radius 1 is 0.938 bits per heavy atom. The molecule has 0 aromatic heterocycles. The second-order valence-corrected chi connectivity index (χ2v) is 7.00. The summed E-state index contributed by atoms with van der Waals surface area (Å²) in [5.74, 6) is -0.421. The summed E-state index contributed by atoms with van der Waals surface area (Å²) >= 11 is 5.17. The summed E-state index contributed by atoms with van der Waals surface area (Å²) in [6, 6.07) is 19.3. The fourth-order valence-electron chi connectivity index (χ4n) is 2.68. The third-order valence-electron chi connectivity index (χ3n) is 4.26. The van der Waals surface area contributed by atoms with Gasteiger partial charge in [0.05, 0.1) is 7.11 Å². The van der Waals surface area contributed by atoms with Crippen LogP contribution in [-0.2, 0) is 4.79 Å². The Kier molecular flexibility index (Phi) is 7.66. The maximum absolute atomic E-state index is 13.0. The van der Waals surface area contributed by atoms with Crippen molar-refractivity contribution in [1.82, 2.24) is 5.32 Å². The van der Waals surface area contributed by atoms with Gasteiger partial charge >= 0.3 is 0 Å². The third kappa shape index (κ3) is 6.75. The van der Waals surface area contributed by atoms with Gasteiger partial charge in [-0.05, 0) is 78.5 Å². The maximum Gasteiger partial charge on any atom is 0.255 e. The lowest BCUT2D eigenvalue weighted by Gasteiger charge is -2.10. The van der Waals surface area contributed by atoms with Crippen molar-refractivity contribution < 1.29 is 18.7 Å². The molecule has 8 heteroatoms. The number of amides is 2. The van der Waals surface area contributed by atoms with Crippen LogP contribution in [0.4, 0.5) is 15.8 Å². The number of nitrogens with one attached hydrogen (secondary N) is 3. The number of rotatable bonds is 6. The molecule has 0 aliphatic rings. The molecule has 2 amide bonds. The number of methoxy groups -OCH3 is 1. The second-order valence-electron chi connectivity index (χ2n) is 6.59. The van der Waals surface area contributed by atoms with Crippen molar-refractivity contribution in [3.05, 3.63) is 95.8 Å². The van der Waals surface area contributed by atoms with E-state index in [4.69, 9.17) is 17.0 Å². The van der Waals surface area contributed by atoms with Crippen LogP contribution in [-0.4, -0.2) is 24.0 Å². The van der Waals surface area contributed by atoms with E-state index in [0.29, 0.717) is 16.9 Å².